The van der Waals surface area contributed by atoms with Crippen molar-refractivity contribution in [2.24, 2.45) is 0 Å². The minimum absolute atomic E-state index is 0.0673. The average Bonchev–Trinajstić information content (AvgIpc) is 3.62. The minimum Gasteiger partial charge on any atom is -0.469 e. The van der Waals surface area contributed by atoms with Gasteiger partial charge in [-0.1, -0.05) is 42.1 Å². The Hall–Kier alpha value is -3.52. The first-order chi connectivity index (χ1) is 17.1. The van der Waals surface area contributed by atoms with Crippen molar-refractivity contribution >= 4 is 29.0 Å². The molecule has 0 saturated carbocycles. The van der Waals surface area contributed by atoms with Gasteiger partial charge in [-0.05, 0) is 62.1 Å². The van der Waals surface area contributed by atoms with Gasteiger partial charge in [0, 0.05) is 24.5 Å². The molecule has 2 aromatic carbocycles. The summed E-state index contributed by atoms with van der Waals surface area (Å²) in [5.74, 6) is 1.69. The van der Waals surface area contributed by atoms with E-state index < -0.39 is 0 Å². The molecule has 1 aliphatic rings. The largest absolute Gasteiger partial charge is 0.469 e. The predicted octanol–water partition coefficient (Wildman–Crippen LogP) is 5.53. The van der Waals surface area contributed by atoms with E-state index in [0.29, 0.717) is 11.7 Å². The number of thioether (sulfide) groups is 1. The number of hydrogen-bond donors (Lipinski definition) is 1. The lowest BCUT2D eigenvalue weighted by molar-refractivity contribution is -0.113. The molecule has 0 bridgehead atoms. The van der Waals surface area contributed by atoms with Crippen LogP contribution < -0.4 is 10.2 Å². The van der Waals surface area contributed by atoms with Crippen LogP contribution in [0.3, 0.4) is 0 Å². The molecule has 1 amide bonds. The Morgan fingerprint density at radius 1 is 1.06 bits per heavy atom. The van der Waals surface area contributed by atoms with Crippen molar-refractivity contribution in [1.82, 2.24) is 14.8 Å². The molecule has 3 heterocycles. The summed E-state index contributed by atoms with van der Waals surface area (Å²) in [5.41, 5.74) is 5.17. The average molecular weight is 488 g/mol. The van der Waals surface area contributed by atoms with Gasteiger partial charge in [-0.15, -0.1) is 10.2 Å². The molecule has 35 heavy (non-hydrogen) atoms. The topological polar surface area (TPSA) is 76.2 Å². The number of nitrogens with one attached hydrogen (secondary N) is 1. The van der Waals surface area contributed by atoms with Crippen molar-refractivity contribution in [2.45, 2.75) is 38.4 Å². The molecule has 0 aliphatic carbocycles. The molecule has 4 aromatic rings. The van der Waals surface area contributed by atoms with E-state index in [1.165, 1.54) is 30.3 Å². The van der Waals surface area contributed by atoms with E-state index in [4.69, 9.17) is 4.42 Å². The molecule has 5 rings (SSSR count). The number of carbonyl (C=O) groups is 1. The van der Waals surface area contributed by atoms with Crippen LogP contribution in [0.2, 0.25) is 0 Å². The molecule has 2 aromatic heterocycles. The van der Waals surface area contributed by atoms with Crippen LogP contribution in [0.25, 0.3) is 11.4 Å². The quantitative estimate of drug-likeness (QED) is 0.329. The van der Waals surface area contributed by atoms with Gasteiger partial charge in [0.15, 0.2) is 11.0 Å². The number of rotatable bonds is 8. The van der Waals surface area contributed by atoms with Crippen LogP contribution >= 0.6 is 11.8 Å². The zero-order valence-corrected chi connectivity index (χ0v) is 20.8. The molecule has 7 nitrogen and oxygen atoms in total. The van der Waals surface area contributed by atoms with Gasteiger partial charge in [0.05, 0.1) is 24.1 Å². The summed E-state index contributed by atoms with van der Waals surface area (Å²) in [6.07, 6.45) is 4.14. The number of amides is 1. The third-order valence-electron chi connectivity index (χ3n) is 6.29. The standard InChI is InChI=1S/C27H29N5O2S/c1-19-16-22(31-13-6-7-14-31)10-11-24(19)28-25(33)18-35-27-30-29-26(23-12-15-34-20(23)2)32(27)17-21-8-4-3-5-9-21/h3-5,8-12,15-16H,6-7,13-14,17-18H2,1-2H3,(H,28,33). The van der Waals surface area contributed by atoms with E-state index in [0.717, 1.165) is 47.1 Å². The number of nitrogens with zero attached hydrogens (tertiary/aromatic N) is 4. The fourth-order valence-corrected chi connectivity index (χ4v) is 5.13. The number of anilines is 2. The second kappa shape index (κ2) is 10.4. The molecular formula is C27H29N5O2S. The van der Waals surface area contributed by atoms with E-state index in [1.807, 2.05) is 48.7 Å². The zero-order valence-electron chi connectivity index (χ0n) is 20.0. The van der Waals surface area contributed by atoms with Crippen molar-refractivity contribution in [3.63, 3.8) is 0 Å². The number of aromatic nitrogens is 3. The van der Waals surface area contributed by atoms with E-state index in [9.17, 15) is 4.79 Å². The van der Waals surface area contributed by atoms with Gasteiger partial charge in [0.25, 0.3) is 0 Å². The Labute approximate surface area is 209 Å². The van der Waals surface area contributed by atoms with Gasteiger partial charge < -0.3 is 14.6 Å². The Bertz CT molecular complexity index is 1310. The van der Waals surface area contributed by atoms with Gasteiger partial charge in [0.1, 0.15) is 5.76 Å². The van der Waals surface area contributed by atoms with Crippen LogP contribution in [0.4, 0.5) is 11.4 Å². The Morgan fingerprint density at radius 2 is 1.86 bits per heavy atom. The number of aryl methyl sites for hydroxylation is 2. The lowest BCUT2D eigenvalue weighted by Crippen LogP contribution is -2.18. The maximum absolute atomic E-state index is 12.8. The second-order valence-electron chi connectivity index (χ2n) is 8.80. The smallest absolute Gasteiger partial charge is 0.234 e. The van der Waals surface area contributed by atoms with Gasteiger partial charge in [-0.2, -0.15) is 0 Å². The van der Waals surface area contributed by atoms with Crippen LogP contribution in [0.1, 0.15) is 29.7 Å². The molecule has 0 radical (unpaired) electrons. The number of hydrogen-bond acceptors (Lipinski definition) is 6. The molecule has 0 spiro atoms. The second-order valence-corrected chi connectivity index (χ2v) is 9.74. The summed E-state index contributed by atoms with van der Waals surface area (Å²) in [5, 5.41) is 12.6. The SMILES string of the molecule is Cc1cc(N2CCCC2)ccc1NC(=O)CSc1nnc(-c2ccoc2C)n1Cc1ccccc1. The maximum Gasteiger partial charge on any atom is 0.234 e. The van der Waals surface area contributed by atoms with Crippen molar-refractivity contribution < 1.29 is 9.21 Å². The molecule has 1 fully saturated rings. The predicted molar refractivity (Wildman–Crippen MR) is 140 cm³/mol. The Kier molecular flexibility index (Phi) is 6.90. The molecular weight excluding hydrogens is 458 g/mol. The molecule has 1 aliphatic heterocycles. The summed E-state index contributed by atoms with van der Waals surface area (Å²) in [4.78, 5) is 15.2. The number of benzene rings is 2. The van der Waals surface area contributed by atoms with Crippen molar-refractivity contribution in [1.29, 1.82) is 0 Å². The normalized spacial score (nSPS) is 13.4. The summed E-state index contributed by atoms with van der Waals surface area (Å²) >= 11 is 1.39. The first kappa shape index (κ1) is 23.2. The van der Waals surface area contributed by atoms with Gasteiger partial charge >= 0.3 is 0 Å². The monoisotopic (exact) mass is 487 g/mol. The minimum atomic E-state index is -0.0673. The van der Waals surface area contributed by atoms with Gasteiger partial charge in [-0.3, -0.25) is 9.36 Å². The third kappa shape index (κ3) is 5.27. The van der Waals surface area contributed by atoms with E-state index >= 15 is 0 Å². The highest BCUT2D eigenvalue weighted by Crippen LogP contribution is 2.29. The van der Waals surface area contributed by atoms with Crippen molar-refractivity contribution in [3.8, 4) is 11.4 Å². The molecule has 1 N–H and O–H groups in total. The van der Waals surface area contributed by atoms with Crippen molar-refractivity contribution in [2.75, 3.05) is 29.1 Å². The first-order valence-electron chi connectivity index (χ1n) is 11.9. The fourth-order valence-electron chi connectivity index (χ4n) is 4.40. The highest BCUT2D eigenvalue weighted by molar-refractivity contribution is 7.99. The van der Waals surface area contributed by atoms with Crippen LogP contribution in [-0.2, 0) is 11.3 Å². The first-order valence-corrected chi connectivity index (χ1v) is 12.9. The lowest BCUT2D eigenvalue weighted by atomic mass is 10.1. The lowest BCUT2D eigenvalue weighted by Gasteiger charge is -2.19. The third-order valence-corrected chi connectivity index (χ3v) is 7.25. The molecule has 0 atom stereocenters. The Morgan fingerprint density at radius 3 is 2.57 bits per heavy atom. The highest BCUT2D eigenvalue weighted by atomic mass is 32.2. The van der Waals surface area contributed by atoms with Crippen LogP contribution in [0.15, 0.2) is 70.4 Å². The van der Waals surface area contributed by atoms with Crippen LogP contribution in [0, 0.1) is 13.8 Å². The molecule has 8 heteroatoms. The van der Waals surface area contributed by atoms with E-state index in [2.05, 4.69) is 44.7 Å². The summed E-state index contributed by atoms with van der Waals surface area (Å²) < 4.78 is 7.54. The molecule has 1 saturated heterocycles. The molecule has 180 valence electrons. The van der Waals surface area contributed by atoms with E-state index in [-0.39, 0.29) is 11.7 Å². The number of carbonyl (C=O) groups excluding carboxylic acids is 1. The number of furan rings is 1. The van der Waals surface area contributed by atoms with Crippen LogP contribution in [-0.4, -0.2) is 39.5 Å². The zero-order chi connectivity index (χ0) is 24.2. The highest BCUT2D eigenvalue weighted by Gasteiger charge is 2.19. The van der Waals surface area contributed by atoms with Gasteiger partial charge in [0.2, 0.25) is 5.91 Å². The fraction of sp³-hybridized carbons (Fsp3) is 0.296. The van der Waals surface area contributed by atoms with Gasteiger partial charge in [-0.25, -0.2) is 0 Å². The Balaban J connectivity index is 1.30. The summed E-state index contributed by atoms with van der Waals surface area (Å²) in [6, 6.07) is 18.3. The van der Waals surface area contributed by atoms with Crippen LogP contribution in [0.5, 0.6) is 0 Å². The summed E-state index contributed by atoms with van der Waals surface area (Å²) in [6.45, 7) is 6.76. The maximum atomic E-state index is 12.8. The molecule has 0 unspecified atom stereocenters. The van der Waals surface area contributed by atoms with Crippen molar-refractivity contribution in [3.05, 3.63) is 77.7 Å². The summed E-state index contributed by atoms with van der Waals surface area (Å²) in [7, 11) is 0. The van der Waals surface area contributed by atoms with E-state index in [1.54, 1.807) is 6.26 Å².